The van der Waals surface area contributed by atoms with Crippen molar-refractivity contribution in [1.82, 2.24) is 4.98 Å². The first-order valence-electron chi connectivity index (χ1n) is 5.38. The van der Waals surface area contributed by atoms with Crippen LogP contribution in [0, 0.1) is 0 Å². The van der Waals surface area contributed by atoms with Crippen LogP contribution in [0.1, 0.15) is 5.56 Å². The second-order valence-corrected chi connectivity index (χ2v) is 5.33. The number of hydrogen-bond donors (Lipinski definition) is 1. The Bertz CT molecular complexity index is 526. The van der Waals surface area contributed by atoms with E-state index in [0.29, 0.717) is 12.4 Å². The monoisotopic (exact) mass is 370 g/mol. The number of ether oxygens (including phenoxy) is 1. The van der Waals surface area contributed by atoms with Gasteiger partial charge in [0.2, 0.25) is 5.88 Å². The zero-order chi connectivity index (χ0) is 13.0. The number of methoxy groups -OCH3 is 1. The summed E-state index contributed by atoms with van der Waals surface area (Å²) in [6.45, 7) is 0.651. The largest absolute Gasteiger partial charge is 0.481 e. The minimum absolute atomic E-state index is 0.646. The highest BCUT2D eigenvalue weighted by Gasteiger charge is 2.06. The number of para-hydroxylation sites is 1. The number of nitrogens with one attached hydrogen (secondary N) is 1. The second kappa shape index (κ2) is 6.20. The standard InChI is InChI=1S/C13H12Br2N2O/c1-18-13-9(4-3-7-16-13)8-17-12-10(14)5-2-6-11(12)15/h2-7,17H,8H2,1H3. The summed E-state index contributed by atoms with van der Waals surface area (Å²) in [6, 6.07) is 9.85. The molecule has 0 aliphatic carbocycles. The maximum atomic E-state index is 5.22. The van der Waals surface area contributed by atoms with Crippen LogP contribution in [-0.4, -0.2) is 12.1 Å². The molecule has 1 aromatic carbocycles. The Kier molecular flexibility index (Phi) is 4.60. The molecule has 0 saturated carbocycles. The van der Waals surface area contributed by atoms with E-state index in [-0.39, 0.29) is 0 Å². The van der Waals surface area contributed by atoms with Gasteiger partial charge in [-0.3, -0.25) is 0 Å². The summed E-state index contributed by atoms with van der Waals surface area (Å²) in [5, 5.41) is 3.36. The third-order valence-corrected chi connectivity index (χ3v) is 3.78. The maximum Gasteiger partial charge on any atom is 0.218 e. The summed E-state index contributed by atoms with van der Waals surface area (Å²) in [5.74, 6) is 0.646. The Morgan fingerprint density at radius 1 is 1.17 bits per heavy atom. The number of nitrogens with zero attached hydrogens (tertiary/aromatic N) is 1. The van der Waals surface area contributed by atoms with E-state index in [4.69, 9.17) is 4.74 Å². The molecule has 18 heavy (non-hydrogen) atoms. The summed E-state index contributed by atoms with van der Waals surface area (Å²) >= 11 is 7.03. The van der Waals surface area contributed by atoms with Crippen LogP contribution in [0.25, 0.3) is 0 Å². The normalized spacial score (nSPS) is 10.2. The molecule has 1 N–H and O–H groups in total. The molecule has 0 bridgehead atoms. The Hall–Kier alpha value is -1.07. The van der Waals surface area contributed by atoms with Crippen molar-refractivity contribution in [3.05, 3.63) is 51.0 Å². The van der Waals surface area contributed by atoms with E-state index in [0.717, 1.165) is 20.2 Å². The van der Waals surface area contributed by atoms with Crippen LogP contribution in [0.4, 0.5) is 5.69 Å². The molecule has 94 valence electrons. The predicted molar refractivity (Wildman–Crippen MR) is 80.0 cm³/mol. The van der Waals surface area contributed by atoms with Crippen LogP contribution in [0.15, 0.2) is 45.5 Å². The van der Waals surface area contributed by atoms with Crippen molar-refractivity contribution in [3.63, 3.8) is 0 Å². The van der Waals surface area contributed by atoms with E-state index in [9.17, 15) is 0 Å². The molecule has 5 heteroatoms. The zero-order valence-corrected chi connectivity index (χ0v) is 13.0. The van der Waals surface area contributed by atoms with Gasteiger partial charge in [0.05, 0.1) is 12.8 Å². The number of aromatic nitrogens is 1. The molecule has 0 atom stereocenters. The fraction of sp³-hybridized carbons (Fsp3) is 0.154. The average molecular weight is 372 g/mol. The van der Waals surface area contributed by atoms with Crippen molar-refractivity contribution in [2.75, 3.05) is 12.4 Å². The van der Waals surface area contributed by atoms with Crippen LogP contribution < -0.4 is 10.1 Å². The fourth-order valence-electron chi connectivity index (χ4n) is 1.59. The van der Waals surface area contributed by atoms with E-state index in [2.05, 4.69) is 42.2 Å². The van der Waals surface area contributed by atoms with Crippen LogP contribution >= 0.6 is 31.9 Å². The average Bonchev–Trinajstić information content (AvgIpc) is 2.38. The molecule has 0 radical (unpaired) electrons. The lowest BCUT2D eigenvalue weighted by atomic mass is 10.2. The van der Waals surface area contributed by atoms with Crippen LogP contribution in [-0.2, 0) is 6.54 Å². The molecule has 1 heterocycles. The molecular weight excluding hydrogens is 360 g/mol. The highest BCUT2D eigenvalue weighted by atomic mass is 79.9. The van der Waals surface area contributed by atoms with Gasteiger partial charge in [0, 0.05) is 27.3 Å². The van der Waals surface area contributed by atoms with Crippen molar-refractivity contribution in [3.8, 4) is 5.88 Å². The first kappa shape index (κ1) is 13.4. The third-order valence-electron chi connectivity index (χ3n) is 2.46. The number of rotatable bonds is 4. The van der Waals surface area contributed by atoms with Gasteiger partial charge in [-0.05, 0) is 50.1 Å². The molecule has 0 spiro atoms. The van der Waals surface area contributed by atoms with Gasteiger partial charge in [-0.1, -0.05) is 12.1 Å². The summed E-state index contributed by atoms with van der Waals surface area (Å²) in [5.41, 5.74) is 2.03. The number of pyridine rings is 1. The number of halogens is 2. The van der Waals surface area contributed by atoms with E-state index in [1.807, 2.05) is 30.3 Å². The van der Waals surface area contributed by atoms with E-state index >= 15 is 0 Å². The second-order valence-electron chi connectivity index (χ2n) is 3.62. The highest BCUT2D eigenvalue weighted by Crippen LogP contribution is 2.31. The van der Waals surface area contributed by atoms with E-state index in [1.165, 1.54) is 0 Å². The molecule has 3 nitrogen and oxygen atoms in total. The molecule has 2 aromatic rings. The smallest absolute Gasteiger partial charge is 0.218 e. The van der Waals surface area contributed by atoms with Crippen molar-refractivity contribution in [1.29, 1.82) is 0 Å². The Morgan fingerprint density at radius 2 is 1.89 bits per heavy atom. The van der Waals surface area contributed by atoms with Crippen molar-refractivity contribution in [2.45, 2.75) is 6.54 Å². The summed E-state index contributed by atoms with van der Waals surface area (Å²) < 4.78 is 7.25. The topological polar surface area (TPSA) is 34.1 Å². The van der Waals surface area contributed by atoms with Gasteiger partial charge in [0.25, 0.3) is 0 Å². The van der Waals surface area contributed by atoms with Crippen molar-refractivity contribution < 1.29 is 4.74 Å². The SMILES string of the molecule is COc1ncccc1CNc1c(Br)cccc1Br. The lowest BCUT2D eigenvalue weighted by Gasteiger charge is -2.12. The van der Waals surface area contributed by atoms with Gasteiger partial charge in [0.15, 0.2) is 0 Å². The van der Waals surface area contributed by atoms with Gasteiger partial charge in [-0.15, -0.1) is 0 Å². The summed E-state index contributed by atoms with van der Waals surface area (Å²) in [7, 11) is 1.63. The lowest BCUT2D eigenvalue weighted by molar-refractivity contribution is 0.393. The quantitative estimate of drug-likeness (QED) is 0.873. The summed E-state index contributed by atoms with van der Waals surface area (Å²) in [6.07, 6.45) is 1.72. The first-order chi connectivity index (χ1) is 8.72. The minimum atomic E-state index is 0.646. The highest BCUT2D eigenvalue weighted by molar-refractivity contribution is 9.11. The zero-order valence-electron chi connectivity index (χ0n) is 9.78. The molecular formula is C13H12Br2N2O. The van der Waals surface area contributed by atoms with E-state index < -0.39 is 0 Å². The molecule has 2 rings (SSSR count). The number of anilines is 1. The molecule has 1 aromatic heterocycles. The Balaban J connectivity index is 2.16. The number of benzene rings is 1. The molecule has 0 amide bonds. The predicted octanol–water partition coefficient (Wildman–Crippen LogP) is 4.23. The number of hydrogen-bond acceptors (Lipinski definition) is 3. The van der Waals surface area contributed by atoms with Crippen molar-refractivity contribution >= 4 is 37.5 Å². The van der Waals surface area contributed by atoms with Crippen LogP contribution in [0.2, 0.25) is 0 Å². The van der Waals surface area contributed by atoms with Gasteiger partial charge in [-0.25, -0.2) is 4.98 Å². The maximum absolute atomic E-state index is 5.22. The van der Waals surface area contributed by atoms with Gasteiger partial charge in [0.1, 0.15) is 0 Å². The Labute approximate surface area is 123 Å². The Morgan fingerprint density at radius 3 is 2.56 bits per heavy atom. The molecule has 0 unspecified atom stereocenters. The van der Waals surface area contributed by atoms with Gasteiger partial charge < -0.3 is 10.1 Å². The molecule has 0 saturated heterocycles. The van der Waals surface area contributed by atoms with Gasteiger partial charge in [-0.2, -0.15) is 0 Å². The van der Waals surface area contributed by atoms with Crippen LogP contribution in [0.3, 0.4) is 0 Å². The van der Waals surface area contributed by atoms with Gasteiger partial charge >= 0.3 is 0 Å². The van der Waals surface area contributed by atoms with Crippen LogP contribution in [0.5, 0.6) is 5.88 Å². The molecule has 0 aliphatic rings. The lowest BCUT2D eigenvalue weighted by Crippen LogP contribution is -2.03. The first-order valence-corrected chi connectivity index (χ1v) is 6.96. The summed E-state index contributed by atoms with van der Waals surface area (Å²) in [4.78, 5) is 4.17. The van der Waals surface area contributed by atoms with Crippen molar-refractivity contribution in [2.24, 2.45) is 0 Å². The molecule has 0 aliphatic heterocycles. The third kappa shape index (κ3) is 3.03. The minimum Gasteiger partial charge on any atom is -0.481 e. The fourth-order valence-corrected chi connectivity index (χ4v) is 2.87. The molecule has 0 fully saturated rings. The van der Waals surface area contributed by atoms with E-state index in [1.54, 1.807) is 13.3 Å².